The number of hydrogen-bond acceptors (Lipinski definition) is 10. The number of rotatable bonds is 8. The van der Waals surface area contributed by atoms with Gasteiger partial charge in [0.1, 0.15) is 17.1 Å². The standard InChI is InChI=1S/C18H16FN5O.C13H13BrN4O.C5H5BFNO2.CH4/c1-11-5-12(2)7-14(6-11)18-22-10-24(23-18)9-15(17(20)25)13-3-4-21-16(19)8-13;1-8-3-9(2)5-10(4-8)13-16-7-18(17-13)6-11(14)12(15)19;7-5-3-4(6(9)10)1-2-8-5;/h3-10H,1-2H3,(H2,20,25);3-7H,1-2H3,(H2,15,19);1-3,9-10H;1H4/b15-9+;11-6-;;. The van der Waals surface area contributed by atoms with Crippen LogP contribution in [0.4, 0.5) is 8.78 Å². The second kappa shape index (κ2) is 19.7. The van der Waals surface area contributed by atoms with E-state index in [9.17, 15) is 18.4 Å². The monoisotopic (exact) mass is 814 g/mol. The Balaban J connectivity index is 0.000000239. The van der Waals surface area contributed by atoms with E-state index in [-0.39, 0.29) is 22.9 Å². The number of aryl methyl sites for hydroxylation is 4. The molecule has 6 rings (SSSR count). The molecular weight excluding hydrogens is 777 g/mol. The smallest absolute Gasteiger partial charge is 0.423 e. The Morgan fingerprint density at radius 3 is 1.55 bits per heavy atom. The van der Waals surface area contributed by atoms with Gasteiger partial charge in [-0.1, -0.05) is 41.8 Å². The van der Waals surface area contributed by atoms with Gasteiger partial charge in [0.05, 0.1) is 11.8 Å². The lowest BCUT2D eigenvalue weighted by Crippen LogP contribution is -2.30. The molecule has 0 spiro atoms. The number of benzene rings is 2. The summed E-state index contributed by atoms with van der Waals surface area (Å²) in [7, 11) is -1.63. The van der Waals surface area contributed by atoms with Gasteiger partial charge in [-0.15, -0.1) is 10.2 Å². The van der Waals surface area contributed by atoms with Crippen molar-refractivity contribution < 1.29 is 28.4 Å². The quantitative estimate of drug-likeness (QED) is 0.0968. The summed E-state index contributed by atoms with van der Waals surface area (Å²) in [6, 6.07) is 17.1. The van der Waals surface area contributed by atoms with Gasteiger partial charge >= 0.3 is 7.12 Å². The van der Waals surface area contributed by atoms with Crippen molar-refractivity contribution in [3.05, 3.63) is 130 Å². The average molecular weight is 815 g/mol. The Bertz CT molecular complexity index is 2310. The molecule has 55 heavy (non-hydrogen) atoms. The number of amides is 2. The largest absolute Gasteiger partial charge is 0.488 e. The predicted octanol–water partition coefficient (Wildman–Crippen LogP) is 4.36. The first-order valence-corrected chi connectivity index (χ1v) is 16.6. The first-order chi connectivity index (χ1) is 25.6. The maximum atomic E-state index is 13.3. The molecular formula is C37H38BBrF2N10O4. The third kappa shape index (κ3) is 13.0. The Hall–Kier alpha value is -6.24. The molecule has 0 saturated heterocycles. The zero-order chi connectivity index (χ0) is 39.5. The molecule has 0 atom stereocenters. The molecule has 284 valence electrons. The number of carbonyl (C=O) groups excluding carboxylic acids is 2. The summed E-state index contributed by atoms with van der Waals surface area (Å²) in [5, 5.41) is 25.6. The van der Waals surface area contributed by atoms with E-state index in [2.05, 4.69) is 58.2 Å². The number of halogens is 3. The van der Waals surface area contributed by atoms with Crippen molar-refractivity contribution in [3.63, 3.8) is 0 Å². The van der Waals surface area contributed by atoms with Crippen molar-refractivity contribution in [1.29, 1.82) is 0 Å². The minimum atomic E-state index is -1.63. The Kier molecular flexibility index (Phi) is 15.5. The highest BCUT2D eigenvalue weighted by Crippen LogP contribution is 2.21. The molecule has 0 saturated carbocycles. The summed E-state index contributed by atoms with van der Waals surface area (Å²) in [5.41, 5.74) is 17.4. The third-order valence-corrected chi connectivity index (χ3v) is 7.67. The number of nitrogens with two attached hydrogens (primary N) is 2. The van der Waals surface area contributed by atoms with Crippen LogP contribution in [0.1, 0.15) is 35.2 Å². The molecule has 6 N–H and O–H groups in total. The maximum absolute atomic E-state index is 13.3. The van der Waals surface area contributed by atoms with Crippen LogP contribution < -0.4 is 16.9 Å². The fourth-order valence-corrected chi connectivity index (χ4v) is 5.10. The molecule has 4 heterocycles. The third-order valence-electron chi connectivity index (χ3n) is 7.07. The van der Waals surface area contributed by atoms with E-state index in [0.29, 0.717) is 17.2 Å². The summed E-state index contributed by atoms with van der Waals surface area (Å²) in [5.74, 6) is -1.54. The van der Waals surface area contributed by atoms with Crippen LogP contribution in [0, 0.1) is 39.6 Å². The summed E-state index contributed by atoms with van der Waals surface area (Å²) in [6.45, 7) is 8.04. The molecule has 0 aliphatic rings. The number of pyridine rings is 2. The van der Waals surface area contributed by atoms with E-state index in [1.807, 2.05) is 52.0 Å². The summed E-state index contributed by atoms with van der Waals surface area (Å²) in [6.07, 6.45) is 8.32. The molecule has 18 heteroatoms. The number of nitrogens with zero attached hydrogens (tertiary/aromatic N) is 8. The maximum Gasteiger partial charge on any atom is 0.488 e. The van der Waals surface area contributed by atoms with E-state index < -0.39 is 30.8 Å². The van der Waals surface area contributed by atoms with E-state index in [1.165, 1.54) is 58.9 Å². The molecule has 0 fully saturated rings. The molecule has 0 unspecified atom stereocenters. The van der Waals surface area contributed by atoms with Crippen LogP contribution in [0.25, 0.3) is 40.7 Å². The first kappa shape index (κ1) is 43.2. The fourth-order valence-electron chi connectivity index (χ4n) is 4.89. The highest BCUT2D eigenvalue weighted by atomic mass is 79.9. The Morgan fingerprint density at radius 2 is 1.15 bits per heavy atom. The number of hydrogen-bond donors (Lipinski definition) is 4. The van der Waals surface area contributed by atoms with E-state index in [0.717, 1.165) is 45.5 Å². The van der Waals surface area contributed by atoms with Gasteiger partial charge in [0.2, 0.25) is 11.9 Å². The van der Waals surface area contributed by atoms with E-state index in [1.54, 1.807) is 0 Å². The summed E-state index contributed by atoms with van der Waals surface area (Å²) < 4.78 is 28.6. The van der Waals surface area contributed by atoms with Crippen LogP contribution in [0.5, 0.6) is 0 Å². The van der Waals surface area contributed by atoms with Gasteiger partial charge in [0, 0.05) is 35.8 Å². The van der Waals surface area contributed by atoms with E-state index >= 15 is 0 Å². The molecule has 14 nitrogen and oxygen atoms in total. The predicted molar refractivity (Wildman–Crippen MR) is 211 cm³/mol. The molecule has 0 aliphatic heterocycles. The van der Waals surface area contributed by atoms with Crippen molar-refractivity contribution in [3.8, 4) is 22.8 Å². The van der Waals surface area contributed by atoms with Crippen LogP contribution in [-0.4, -0.2) is 68.5 Å². The average Bonchev–Trinajstić information content (AvgIpc) is 3.77. The topological polar surface area (TPSA) is 214 Å². The van der Waals surface area contributed by atoms with Gasteiger partial charge in [-0.05, 0) is 97.1 Å². The van der Waals surface area contributed by atoms with Crippen LogP contribution in [0.2, 0.25) is 0 Å². The second-order valence-electron chi connectivity index (χ2n) is 11.8. The van der Waals surface area contributed by atoms with Crippen LogP contribution >= 0.6 is 15.9 Å². The molecule has 2 aromatic carbocycles. The molecule has 2 amide bonds. The number of primary amides is 2. The van der Waals surface area contributed by atoms with Crippen LogP contribution in [0.3, 0.4) is 0 Å². The zero-order valence-electron chi connectivity index (χ0n) is 29.4. The molecule has 4 aromatic heterocycles. The molecule has 6 aromatic rings. The Labute approximate surface area is 324 Å². The van der Waals surface area contributed by atoms with Crippen molar-refractivity contribution in [2.24, 2.45) is 11.5 Å². The van der Waals surface area contributed by atoms with Gasteiger partial charge < -0.3 is 21.5 Å². The highest BCUT2D eigenvalue weighted by molar-refractivity contribution is 9.12. The molecule has 0 bridgehead atoms. The van der Waals surface area contributed by atoms with Gasteiger partial charge in [-0.3, -0.25) is 9.59 Å². The van der Waals surface area contributed by atoms with Crippen molar-refractivity contribution in [2.45, 2.75) is 35.1 Å². The van der Waals surface area contributed by atoms with Crippen molar-refractivity contribution in [1.82, 2.24) is 39.5 Å². The lowest BCUT2D eigenvalue weighted by molar-refractivity contribution is -0.114. The Morgan fingerprint density at radius 1 is 0.691 bits per heavy atom. The SMILES string of the molecule is C.Cc1cc(C)cc(-c2ncn(/C=C(/C(N)=O)c3ccnc(F)c3)n2)c1.Cc1cc(C)cc(-c2ncn(/C=C(\Br)C(N)=O)n2)c1.OB(O)c1ccnc(F)c1. The van der Waals surface area contributed by atoms with Crippen LogP contribution in [0.15, 0.2) is 90.2 Å². The number of aromatic nitrogens is 8. The summed E-state index contributed by atoms with van der Waals surface area (Å²) in [4.78, 5) is 37.8. The van der Waals surface area contributed by atoms with Crippen molar-refractivity contribution >= 4 is 58.3 Å². The van der Waals surface area contributed by atoms with Gasteiger partial charge in [-0.25, -0.2) is 29.3 Å². The van der Waals surface area contributed by atoms with Crippen molar-refractivity contribution in [2.75, 3.05) is 0 Å². The molecule has 0 radical (unpaired) electrons. The van der Waals surface area contributed by atoms with Gasteiger partial charge in [-0.2, -0.15) is 8.78 Å². The van der Waals surface area contributed by atoms with E-state index in [4.69, 9.17) is 21.5 Å². The molecule has 0 aliphatic carbocycles. The van der Waals surface area contributed by atoms with Crippen LogP contribution in [-0.2, 0) is 9.59 Å². The minimum Gasteiger partial charge on any atom is -0.423 e. The fraction of sp³-hybridized carbons (Fsp3) is 0.135. The zero-order valence-corrected chi connectivity index (χ0v) is 31.0. The lowest BCUT2D eigenvalue weighted by Gasteiger charge is -2.03. The van der Waals surface area contributed by atoms with Gasteiger partial charge in [0.15, 0.2) is 11.6 Å². The summed E-state index contributed by atoms with van der Waals surface area (Å²) >= 11 is 3.07. The first-order valence-electron chi connectivity index (χ1n) is 15.9. The second-order valence-corrected chi connectivity index (χ2v) is 12.6. The normalized spacial score (nSPS) is 11.0. The number of carbonyl (C=O) groups is 2. The lowest BCUT2D eigenvalue weighted by atomic mass is 9.81. The highest BCUT2D eigenvalue weighted by Gasteiger charge is 2.13. The van der Waals surface area contributed by atoms with Gasteiger partial charge in [0.25, 0.3) is 11.8 Å². The minimum absolute atomic E-state index is 0.